The van der Waals surface area contributed by atoms with E-state index in [0.717, 1.165) is 12.1 Å². The van der Waals surface area contributed by atoms with E-state index in [9.17, 15) is 4.79 Å². The number of anilines is 1. The molecule has 1 amide bonds. The van der Waals surface area contributed by atoms with Crippen molar-refractivity contribution in [1.29, 1.82) is 0 Å². The van der Waals surface area contributed by atoms with Crippen molar-refractivity contribution in [3.63, 3.8) is 0 Å². The van der Waals surface area contributed by atoms with E-state index in [1.165, 1.54) is 25.7 Å². The molecule has 1 aliphatic heterocycles. The zero-order valence-corrected chi connectivity index (χ0v) is 11.5. The second-order valence-electron chi connectivity index (χ2n) is 5.84. The van der Waals surface area contributed by atoms with Crippen molar-refractivity contribution < 1.29 is 4.79 Å². The van der Waals surface area contributed by atoms with Crippen LogP contribution < -0.4 is 10.2 Å². The van der Waals surface area contributed by atoms with E-state index in [0.29, 0.717) is 12.0 Å². The third-order valence-corrected chi connectivity index (χ3v) is 4.63. The number of fused-ring (bicyclic) bond motifs is 1. The number of nitrogens with zero attached hydrogens (tertiary/aromatic N) is 1. The molecule has 1 saturated heterocycles. The van der Waals surface area contributed by atoms with Crippen molar-refractivity contribution in [2.45, 2.75) is 44.2 Å². The number of carbonyl (C=O) groups excluding carboxylic acids is 1. The van der Waals surface area contributed by atoms with Gasteiger partial charge in [-0.1, -0.05) is 31.0 Å². The van der Waals surface area contributed by atoms with Crippen molar-refractivity contribution in [2.24, 2.45) is 5.92 Å². The molecular formula is C16H22N2O. The standard InChI is InChI=1S/C16H22N2O/c1-18(13-8-3-2-4-9-13)16(19)15-11-12-7-5-6-10-14(12)17-15/h2-4,8-9,12,14-15,17H,5-7,10-11H2,1H3. The number of benzene rings is 1. The fourth-order valence-corrected chi connectivity index (χ4v) is 3.52. The number of hydrogen-bond acceptors (Lipinski definition) is 2. The molecule has 19 heavy (non-hydrogen) atoms. The van der Waals surface area contributed by atoms with Crippen LogP contribution in [-0.4, -0.2) is 25.0 Å². The Morgan fingerprint density at radius 2 is 1.95 bits per heavy atom. The van der Waals surface area contributed by atoms with Crippen LogP contribution in [0.25, 0.3) is 0 Å². The maximum atomic E-state index is 12.6. The molecule has 1 heterocycles. The molecule has 2 fully saturated rings. The summed E-state index contributed by atoms with van der Waals surface area (Å²) in [6, 6.07) is 10.5. The predicted octanol–water partition coefficient (Wildman–Crippen LogP) is 2.57. The van der Waals surface area contributed by atoms with Crippen LogP contribution in [-0.2, 0) is 4.79 Å². The molecular weight excluding hydrogens is 236 g/mol. The minimum Gasteiger partial charge on any atom is -0.314 e. The molecule has 1 N–H and O–H groups in total. The number of likely N-dealkylation sites (N-methyl/N-ethyl adjacent to an activating group) is 1. The first-order valence-corrected chi connectivity index (χ1v) is 7.34. The van der Waals surface area contributed by atoms with Crippen molar-refractivity contribution in [1.82, 2.24) is 5.32 Å². The Labute approximate surface area is 115 Å². The number of carbonyl (C=O) groups is 1. The van der Waals surface area contributed by atoms with Crippen molar-refractivity contribution >= 4 is 11.6 Å². The van der Waals surface area contributed by atoms with Crippen molar-refractivity contribution in [2.75, 3.05) is 11.9 Å². The Morgan fingerprint density at radius 1 is 1.21 bits per heavy atom. The maximum absolute atomic E-state index is 12.6. The van der Waals surface area contributed by atoms with Gasteiger partial charge in [0.25, 0.3) is 0 Å². The summed E-state index contributed by atoms with van der Waals surface area (Å²) < 4.78 is 0. The second kappa shape index (κ2) is 5.33. The molecule has 3 rings (SSSR count). The second-order valence-corrected chi connectivity index (χ2v) is 5.84. The average molecular weight is 258 g/mol. The van der Waals surface area contributed by atoms with Crippen LogP contribution in [0.3, 0.4) is 0 Å². The highest BCUT2D eigenvalue weighted by molar-refractivity contribution is 5.96. The van der Waals surface area contributed by atoms with Gasteiger partial charge in [-0.25, -0.2) is 0 Å². The molecule has 3 heteroatoms. The maximum Gasteiger partial charge on any atom is 0.243 e. The van der Waals surface area contributed by atoms with Gasteiger partial charge in [0.2, 0.25) is 5.91 Å². The number of nitrogens with one attached hydrogen (secondary N) is 1. The summed E-state index contributed by atoms with van der Waals surface area (Å²) in [6.07, 6.45) is 6.18. The van der Waals surface area contributed by atoms with Gasteiger partial charge in [-0.15, -0.1) is 0 Å². The highest BCUT2D eigenvalue weighted by atomic mass is 16.2. The molecule has 0 aromatic heterocycles. The van der Waals surface area contributed by atoms with Crippen molar-refractivity contribution in [3.05, 3.63) is 30.3 Å². The molecule has 0 bridgehead atoms. The lowest BCUT2D eigenvalue weighted by Gasteiger charge is -2.24. The van der Waals surface area contributed by atoms with E-state index in [4.69, 9.17) is 0 Å². The number of amides is 1. The zero-order chi connectivity index (χ0) is 13.2. The third-order valence-electron chi connectivity index (χ3n) is 4.63. The van der Waals surface area contributed by atoms with E-state index < -0.39 is 0 Å². The molecule has 1 saturated carbocycles. The predicted molar refractivity (Wildman–Crippen MR) is 77.1 cm³/mol. The van der Waals surface area contributed by atoms with Gasteiger partial charge in [-0.2, -0.15) is 0 Å². The van der Waals surface area contributed by atoms with Crippen LogP contribution in [0, 0.1) is 5.92 Å². The van der Waals surface area contributed by atoms with Crippen molar-refractivity contribution in [3.8, 4) is 0 Å². The summed E-state index contributed by atoms with van der Waals surface area (Å²) in [5.74, 6) is 0.924. The largest absolute Gasteiger partial charge is 0.314 e. The lowest BCUT2D eigenvalue weighted by atomic mass is 9.85. The molecule has 3 atom stereocenters. The topological polar surface area (TPSA) is 32.3 Å². The van der Waals surface area contributed by atoms with Gasteiger partial charge in [-0.05, 0) is 37.3 Å². The fraction of sp³-hybridized carbons (Fsp3) is 0.562. The van der Waals surface area contributed by atoms with E-state index in [1.807, 2.05) is 37.4 Å². The molecule has 0 radical (unpaired) electrons. The molecule has 3 nitrogen and oxygen atoms in total. The van der Waals surface area contributed by atoms with Crippen LogP contribution in [0.1, 0.15) is 32.1 Å². The van der Waals surface area contributed by atoms with Gasteiger partial charge in [0.1, 0.15) is 0 Å². The van der Waals surface area contributed by atoms with Gasteiger partial charge in [0, 0.05) is 18.8 Å². The first-order valence-electron chi connectivity index (χ1n) is 7.34. The van der Waals surface area contributed by atoms with Crippen LogP contribution >= 0.6 is 0 Å². The summed E-state index contributed by atoms with van der Waals surface area (Å²) in [5.41, 5.74) is 0.976. The first kappa shape index (κ1) is 12.7. The van der Waals surface area contributed by atoms with E-state index >= 15 is 0 Å². The third kappa shape index (κ3) is 2.52. The van der Waals surface area contributed by atoms with Gasteiger partial charge in [-0.3, -0.25) is 4.79 Å². The van der Waals surface area contributed by atoms with Crippen LogP contribution in [0.2, 0.25) is 0 Å². The summed E-state index contributed by atoms with van der Waals surface area (Å²) in [5, 5.41) is 3.55. The van der Waals surface area contributed by atoms with Gasteiger partial charge >= 0.3 is 0 Å². The van der Waals surface area contributed by atoms with Gasteiger partial charge in [0.05, 0.1) is 6.04 Å². The Hall–Kier alpha value is -1.35. The lowest BCUT2D eigenvalue weighted by molar-refractivity contribution is -0.120. The van der Waals surface area contributed by atoms with Gasteiger partial charge < -0.3 is 10.2 Å². The monoisotopic (exact) mass is 258 g/mol. The van der Waals surface area contributed by atoms with Gasteiger partial charge in [0.15, 0.2) is 0 Å². The molecule has 3 unspecified atom stereocenters. The minimum absolute atomic E-state index is 0.0123. The Kier molecular flexibility index (Phi) is 3.56. The van der Waals surface area contributed by atoms with E-state index in [2.05, 4.69) is 5.32 Å². The number of hydrogen-bond donors (Lipinski definition) is 1. The Bertz CT molecular complexity index is 431. The smallest absolute Gasteiger partial charge is 0.243 e. The molecule has 1 aliphatic carbocycles. The van der Waals surface area contributed by atoms with E-state index in [-0.39, 0.29) is 11.9 Å². The SMILES string of the molecule is CN(C(=O)C1CC2CCCCC2N1)c1ccccc1. The van der Waals surface area contributed by atoms with Crippen LogP contribution in [0.15, 0.2) is 30.3 Å². The number of rotatable bonds is 2. The van der Waals surface area contributed by atoms with Crippen LogP contribution in [0.5, 0.6) is 0 Å². The average Bonchev–Trinajstić information content (AvgIpc) is 2.90. The molecule has 1 aromatic carbocycles. The van der Waals surface area contributed by atoms with Crippen LogP contribution in [0.4, 0.5) is 5.69 Å². The summed E-state index contributed by atoms with van der Waals surface area (Å²) in [4.78, 5) is 14.3. The summed E-state index contributed by atoms with van der Waals surface area (Å²) in [6.45, 7) is 0. The summed E-state index contributed by atoms with van der Waals surface area (Å²) >= 11 is 0. The normalized spacial score (nSPS) is 29.8. The number of para-hydroxylation sites is 1. The highest BCUT2D eigenvalue weighted by Crippen LogP contribution is 2.33. The lowest BCUT2D eigenvalue weighted by Crippen LogP contribution is -2.44. The zero-order valence-electron chi connectivity index (χ0n) is 11.5. The Balaban J connectivity index is 1.68. The molecule has 102 valence electrons. The molecule has 2 aliphatic rings. The molecule has 1 aromatic rings. The molecule has 0 spiro atoms. The fourth-order valence-electron chi connectivity index (χ4n) is 3.52. The summed E-state index contributed by atoms with van der Waals surface area (Å²) in [7, 11) is 1.88. The van der Waals surface area contributed by atoms with E-state index in [1.54, 1.807) is 4.90 Å². The highest BCUT2D eigenvalue weighted by Gasteiger charge is 2.39. The quantitative estimate of drug-likeness (QED) is 0.884. The Morgan fingerprint density at radius 3 is 2.68 bits per heavy atom. The minimum atomic E-state index is 0.0123. The first-order chi connectivity index (χ1) is 9.25.